The largest absolute Gasteiger partial charge is 0.490 e. The zero-order chi connectivity index (χ0) is 26.5. The molecule has 1 aliphatic rings. The Hall–Kier alpha value is -3.40. The monoisotopic (exact) mass is 556 g/mol. The number of nitrogens with zero attached hydrogens (tertiary/aromatic N) is 1. The molecule has 3 aromatic rings. The van der Waals surface area contributed by atoms with Crippen LogP contribution in [0.2, 0.25) is 5.02 Å². The number of ether oxygens (including phenoxy) is 2. The van der Waals surface area contributed by atoms with E-state index in [1.807, 2.05) is 13.8 Å². The highest BCUT2D eigenvalue weighted by Crippen LogP contribution is 2.34. The van der Waals surface area contributed by atoms with Crippen molar-refractivity contribution in [2.75, 3.05) is 6.61 Å². The van der Waals surface area contributed by atoms with Gasteiger partial charge in [-0.05, 0) is 85.2 Å². The molecule has 37 heavy (non-hydrogen) atoms. The van der Waals surface area contributed by atoms with Crippen molar-refractivity contribution >= 4 is 57.8 Å². The summed E-state index contributed by atoms with van der Waals surface area (Å²) in [5, 5.41) is 1.32. The summed E-state index contributed by atoms with van der Waals surface area (Å²) < 4.78 is 24.9. The molecule has 0 radical (unpaired) electrons. The summed E-state index contributed by atoms with van der Waals surface area (Å²) in [4.78, 5) is 26.0. The number of benzene rings is 3. The number of nitrogens with one attached hydrogen (secondary N) is 1. The average molecular weight is 557 g/mol. The van der Waals surface area contributed by atoms with Gasteiger partial charge in [-0.15, -0.1) is 0 Å². The molecule has 2 amide bonds. The highest BCUT2D eigenvalue weighted by atomic mass is 35.5. The van der Waals surface area contributed by atoms with E-state index in [0.29, 0.717) is 28.6 Å². The first-order chi connectivity index (χ1) is 17.7. The second kappa shape index (κ2) is 11.8. The van der Waals surface area contributed by atoms with Crippen LogP contribution in [0.5, 0.6) is 11.5 Å². The predicted octanol–water partition coefficient (Wildman–Crippen LogP) is 6.31. The molecular formula is C27H22ClFN2O4S2. The lowest BCUT2D eigenvalue weighted by Crippen LogP contribution is -2.44. The van der Waals surface area contributed by atoms with Gasteiger partial charge in [0.05, 0.1) is 22.1 Å². The van der Waals surface area contributed by atoms with Crippen molar-refractivity contribution in [1.82, 2.24) is 10.4 Å². The van der Waals surface area contributed by atoms with Crippen molar-refractivity contribution in [2.24, 2.45) is 0 Å². The fourth-order valence-corrected chi connectivity index (χ4v) is 4.93. The van der Waals surface area contributed by atoms with Crippen LogP contribution < -0.4 is 14.9 Å². The van der Waals surface area contributed by atoms with Crippen LogP contribution in [0.25, 0.3) is 6.08 Å². The third-order valence-corrected chi connectivity index (χ3v) is 6.86. The summed E-state index contributed by atoms with van der Waals surface area (Å²) in [5.74, 6) is -0.300. The molecule has 0 bridgehead atoms. The van der Waals surface area contributed by atoms with E-state index in [1.165, 1.54) is 12.1 Å². The molecule has 1 saturated heterocycles. The standard InChI is InChI=1S/C27H22ClFN2O4S2/c1-3-34-23-13-18(7-11-22(23)35-15-17-5-8-19(29)9-6-17)14-24-26(33)31(27(36)37-24)30-25(32)20-10-4-16(2)12-21(20)28/h4-14H,3,15H2,1-2H3,(H,30,32)/b24-14-. The van der Waals surface area contributed by atoms with Crippen LogP contribution in [0.4, 0.5) is 4.39 Å². The Morgan fingerprint density at radius 1 is 1.11 bits per heavy atom. The van der Waals surface area contributed by atoms with Gasteiger partial charge < -0.3 is 9.47 Å². The number of amides is 2. The Bertz CT molecular complexity index is 1400. The number of hydrazine groups is 1. The first kappa shape index (κ1) is 26.7. The summed E-state index contributed by atoms with van der Waals surface area (Å²) in [5.41, 5.74) is 5.18. The summed E-state index contributed by atoms with van der Waals surface area (Å²) in [6.45, 7) is 4.36. The van der Waals surface area contributed by atoms with Gasteiger partial charge >= 0.3 is 0 Å². The van der Waals surface area contributed by atoms with Crippen LogP contribution >= 0.6 is 35.6 Å². The maximum atomic E-state index is 13.1. The minimum Gasteiger partial charge on any atom is -0.490 e. The Morgan fingerprint density at radius 3 is 2.57 bits per heavy atom. The lowest BCUT2D eigenvalue weighted by molar-refractivity contribution is -0.123. The number of carbonyl (C=O) groups is 2. The first-order valence-electron chi connectivity index (χ1n) is 11.2. The van der Waals surface area contributed by atoms with E-state index in [0.717, 1.165) is 27.9 Å². The number of halogens is 2. The molecule has 0 saturated carbocycles. The average Bonchev–Trinajstić information content (AvgIpc) is 3.12. The van der Waals surface area contributed by atoms with E-state index < -0.39 is 11.8 Å². The van der Waals surface area contributed by atoms with Gasteiger partial charge in [-0.2, -0.15) is 5.01 Å². The predicted molar refractivity (Wildman–Crippen MR) is 147 cm³/mol. The zero-order valence-corrected chi connectivity index (χ0v) is 22.3. The molecule has 0 atom stereocenters. The van der Waals surface area contributed by atoms with E-state index in [4.69, 9.17) is 33.3 Å². The number of carbonyl (C=O) groups excluding carboxylic acids is 2. The molecule has 0 aliphatic carbocycles. The Morgan fingerprint density at radius 2 is 1.86 bits per heavy atom. The molecule has 1 heterocycles. The van der Waals surface area contributed by atoms with Gasteiger partial charge in [0, 0.05) is 0 Å². The molecule has 4 rings (SSSR count). The number of thioether (sulfide) groups is 1. The summed E-state index contributed by atoms with van der Waals surface area (Å²) >= 11 is 12.6. The van der Waals surface area contributed by atoms with E-state index in [1.54, 1.807) is 54.6 Å². The second-order valence-corrected chi connectivity index (χ2v) is 10.1. The van der Waals surface area contributed by atoms with Crippen LogP contribution in [-0.4, -0.2) is 27.8 Å². The third kappa shape index (κ3) is 6.49. The van der Waals surface area contributed by atoms with Crippen LogP contribution in [0.1, 0.15) is 34.0 Å². The van der Waals surface area contributed by atoms with Crippen molar-refractivity contribution < 1.29 is 23.5 Å². The van der Waals surface area contributed by atoms with Crippen LogP contribution in [-0.2, 0) is 11.4 Å². The molecule has 0 unspecified atom stereocenters. The molecule has 6 nitrogen and oxygen atoms in total. The lowest BCUT2D eigenvalue weighted by Gasteiger charge is -2.16. The van der Waals surface area contributed by atoms with Gasteiger partial charge in [0.15, 0.2) is 15.8 Å². The number of hydrogen-bond donors (Lipinski definition) is 1. The Kier molecular flexibility index (Phi) is 8.48. The van der Waals surface area contributed by atoms with Crippen molar-refractivity contribution in [3.63, 3.8) is 0 Å². The minimum absolute atomic E-state index is 0.192. The molecule has 1 fully saturated rings. The number of hydrogen-bond acceptors (Lipinski definition) is 6. The van der Waals surface area contributed by atoms with Crippen molar-refractivity contribution in [2.45, 2.75) is 20.5 Å². The first-order valence-corrected chi connectivity index (χ1v) is 12.8. The number of thiocarbonyl (C=S) groups is 1. The molecule has 0 aromatic heterocycles. The highest BCUT2D eigenvalue weighted by molar-refractivity contribution is 8.26. The van der Waals surface area contributed by atoms with E-state index in [-0.39, 0.29) is 27.3 Å². The normalized spacial score (nSPS) is 14.3. The zero-order valence-electron chi connectivity index (χ0n) is 19.9. The van der Waals surface area contributed by atoms with Crippen molar-refractivity contribution in [3.8, 4) is 11.5 Å². The van der Waals surface area contributed by atoms with E-state index in [2.05, 4.69) is 5.43 Å². The van der Waals surface area contributed by atoms with E-state index >= 15 is 0 Å². The highest BCUT2D eigenvalue weighted by Gasteiger charge is 2.34. The Labute approximate surface area is 228 Å². The lowest BCUT2D eigenvalue weighted by atomic mass is 10.1. The SMILES string of the molecule is CCOc1cc(/C=C2\SC(=S)N(NC(=O)c3ccc(C)cc3Cl)C2=O)ccc1OCc1ccc(F)cc1. The van der Waals surface area contributed by atoms with Crippen LogP contribution in [0.3, 0.4) is 0 Å². The van der Waals surface area contributed by atoms with Gasteiger partial charge in [-0.25, -0.2) is 4.39 Å². The van der Waals surface area contributed by atoms with Gasteiger partial charge in [0.1, 0.15) is 12.4 Å². The maximum Gasteiger partial charge on any atom is 0.285 e. The van der Waals surface area contributed by atoms with Crippen molar-refractivity contribution in [3.05, 3.63) is 98.7 Å². The number of rotatable bonds is 8. The smallest absolute Gasteiger partial charge is 0.285 e. The number of aryl methyl sites for hydroxylation is 1. The molecule has 1 N–H and O–H groups in total. The van der Waals surface area contributed by atoms with Gasteiger partial charge in [0.2, 0.25) is 0 Å². The fourth-order valence-electron chi connectivity index (χ4n) is 3.43. The maximum absolute atomic E-state index is 13.1. The molecule has 10 heteroatoms. The summed E-state index contributed by atoms with van der Waals surface area (Å²) in [7, 11) is 0. The molecule has 3 aromatic carbocycles. The fraction of sp³-hybridized carbons (Fsp3) is 0.148. The van der Waals surface area contributed by atoms with E-state index in [9.17, 15) is 14.0 Å². The topological polar surface area (TPSA) is 67.9 Å². The van der Waals surface area contributed by atoms with Crippen LogP contribution in [0.15, 0.2) is 65.6 Å². The van der Waals surface area contributed by atoms with Gasteiger partial charge in [-0.3, -0.25) is 15.0 Å². The van der Waals surface area contributed by atoms with Gasteiger partial charge in [-0.1, -0.05) is 47.6 Å². The second-order valence-electron chi connectivity index (χ2n) is 8.00. The quantitative estimate of drug-likeness (QED) is 0.259. The minimum atomic E-state index is -0.538. The van der Waals surface area contributed by atoms with Crippen molar-refractivity contribution in [1.29, 1.82) is 0 Å². The molecule has 1 aliphatic heterocycles. The summed E-state index contributed by atoms with van der Waals surface area (Å²) in [6, 6.07) is 16.3. The Balaban J connectivity index is 1.49. The molecular weight excluding hydrogens is 535 g/mol. The molecule has 190 valence electrons. The van der Waals surface area contributed by atoms with Crippen LogP contribution in [0, 0.1) is 12.7 Å². The molecule has 0 spiro atoms. The third-order valence-electron chi connectivity index (χ3n) is 5.25. The summed E-state index contributed by atoms with van der Waals surface area (Å²) in [6.07, 6.45) is 1.66. The van der Waals surface area contributed by atoms with Gasteiger partial charge in [0.25, 0.3) is 11.8 Å².